The third-order valence-corrected chi connectivity index (χ3v) is 3.15. The molecule has 0 spiro atoms. The first kappa shape index (κ1) is 24.9. The lowest BCUT2D eigenvalue weighted by Gasteiger charge is -2.19. The molecule has 0 saturated heterocycles. The highest BCUT2D eigenvalue weighted by Gasteiger charge is 2.15. The normalized spacial score (nSPS) is 11.4. The summed E-state index contributed by atoms with van der Waals surface area (Å²) in [5.41, 5.74) is -0.468. The Labute approximate surface area is 162 Å². The van der Waals surface area contributed by atoms with Gasteiger partial charge in [0.1, 0.15) is 5.60 Å². The molecule has 0 fully saturated rings. The fraction of sp³-hybridized carbons (Fsp3) is 0.867. The number of hydrogen-bond acceptors (Lipinski definition) is 4. The number of ether oxygens (including phenoxy) is 1. The van der Waals surface area contributed by atoms with E-state index >= 15 is 0 Å². The predicted molar refractivity (Wildman–Crippen MR) is 111 cm³/mol. The number of amides is 1. The van der Waals surface area contributed by atoms with Crippen LogP contribution in [0.2, 0.25) is 0 Å². The van der Waals surface area contributed by atoms with Gasteiger partial charge in [0.15, 0.2) is 5.96 Å². The zero-order valence-electron chi connectivity index (χ0n) is 15.0. The molecule has 0 radical (unpaired) electrons. The van der Waals surface area contributed by atoms with Gasteiger partial charge in [-0.15, -0.1) is 24.0 Å². The molecule has 0 rings (SSSR count). The number of hydrogen-bond donors (Lipinski definition) is 3. The lowest BCUT2D eigenvalue weighted by atomic mass is 10.2. The molecule has 0 aliphatic heterocycles. The molecular weight excluding hydrogens is 427 g/mol. The number of alkyl carbamates (subject to hydrolysis) is 1. The maximum Gasteiger partial charge on any atom is 0.407 e. The zero-order chi connectivity index (χ0) is 16.8. The van der Waals surface area contributed by atoms with E-state index in [2.05, 4.69) is 27.2 Å². The number of rotatable bonds is 9. The number of carbonyl (C=O) groups is 1. The fourth-order valence-corrected chi connectivity index (χ4v) is 2.04. The minimum Gasteiger partial charge on any atom is -0.444 e. The van der Waals surface area contributed by atoms with E-state index in [0.717, 1.165) is 25.5 Å². The van der Waals surface area contributed by atoms with Gasteiger partial charge in [0.25, 0.3) is 0 Å². The SMILES string of the molecule is CCNC(=NCCCCSC)NCCNC(=O)OC(C)(C)C.I. The van der Waals surface area contributed by atoms with Crippen LogP contribution in [0.5, 0.6) is 0 Å². The van der Waals surface area contributed by atoms with E-state index in [1.165, 1.54) is 12.2 Å². The minimum atomic E-state index is -0.468. The topological polar surface area (TPSA) is 74.8 Å². The number of nitrogens with one attached hydrogen (secondary N) is 3. The van der Waals surface area contributed by atoms with E-state index < -0.39 is 11.7 Å². The van der Waals surface area contributed by atoms with Crippen LogP contribution in [0, 0.1) is 0 Å². The van der Waals surface area contributed by atoms with Crippen LogP contribution in [0.3, 0.4) is 0 Å². The highest BCUT2D eigenvalue weighted by Crippen LogP contribution is 2.05. The summed E-state index contributed by atoms with van der Waals surface area (Å²) in [6, 6.07) is 0. The molecule has 8 heteroatoms. The molecule has 0 aromatic rings. The molecule has 138 valence electrons. The lowest BCUT2D eigenvalue weighted by Crippen LogP contribution is -2.42. The molecule has 0 unspecified atom stereocenters. The Morgan fingerprint density at radius 1 is 1.13 bits per heavy atom. The molecule has 6 nitrogen and oxygen atoms in total. The van der Waals surface area contributed by atoms with Crippen LogP contribution in [0.25, 0.3) is 0 Å². The van der Waals surface area contributed by atoms with Crippen LogP contribution in [-0.4, -0.2) is 55.8 Å². The summed E-state index contributed by atoms with van der Waals surface area (Å²) in [7, 11) is 0. The molecule has 1 amide bonds. The van der Waals surface area contributed by atoms with Gasteiger partial charge in [-0.25, -0.2) is 4.79 Å². The van der Waals surface area contributed by atoms with Crippen molar-refractivity contribution in [3.8, 4) is 0 Å². The highest BCUT2D eigenvalue weighted by molar-refractivity contribution is 14.0. The largest absolute Gasteiger partial charge is 0.444 e. The lowest BCUT2D eigenvalue weighted by molar-refractivity contribution is 0.0529. The van der Waals surface area contributed by atoms with Crippen LogP contribution in [0.1, 0.15) is 40.5 Å². The Morgan fingerprint density at radius 3 is 2.35 bits per heavy atom. The highest BCUT2D eigenvalue weighted by atomic mass is 127. The van der Waals surface area contributed by atoms with Crippen LogP contribution in [0.15, 0.2) is 4.99 Å². The van der Waals surface area contributed by atoms with Crippen molar-refractivity contribution >= 4 is 47.8 Å². The van der Waals surface area contributed by atoms with E-state index in [0.29, 0.717) is 13.1 Å². The zero-order valence-corrected chi connectivity index (χ0v) is 18.2. The van der Waals surface area contributed by atoms with Gasteiger partial charge in [-0.2, -0.15) is 11.8 Å². The summed E-state index contributed by atoms with van der Waals surface area (Å²) in [6.07, 6.45) is 4.00. The second-order valence-electron chi connectivity index (χ2n) is 5.82. The summed E-state index contributed by atoms with van der Waals surface area (Å²) in [6.45, 7) is 10.3. The number of aliphatic imine (C=N–C) groups is 1. The first-order valence-electron chi connectivity index (χ1n) is 7.87. The van der Waals surface area contributed by atoms with Gasteiger partial charge in [-0.1, -0.05) is 0 Å². The quantitative estimate of drug-likeness (QED) is 0.214. The van der Waals surface area contributed by atoms with Crippen LogP contribution in [0.4, 0.5) is 4.79 Å². The number of unbranched alkanes of at least 4 members (excludes halogenated alkanes) is 1. The van der Waals surface area contributed by atoms with Gasteiger partial charge in [-0.3, -0.25) is 4.99 Å². The molecular formula is C15H33IN4O2S. The molecule has 0 aromatic heterocycles. The van der Waals surface area contributed by atoms with Crippen molar-refractivity contribution in [1.29, 1.82) is 0 Å². The van der Waals surface area contributed by atoms with Crippen LogP contribution < -0.4 is 16.0 Å². The number of guanidine groups is 1. The monoisotopic (exact) mass is 460 g/mol. The Kier molecular flexibility index (Phi) is 16.4. The van der Waals surface area contributed by atoms with Crippen molar-refractivity contribution in [2.45, 2.75) is 46.1 Å². The number of nitrogens with zero attached hydrogens (tertiary/aromatic N) is 1. The molecule has 3 N–H and O–H groups in total. The summed E-state index contributed by atoms with van der Waals surface area (Å²) in [5.74, 6) is 1.97. The van der Waals surface area contributed by atoms with Crippen molar-refractivity contribution in [3.05, 3.63) is 0 Å². The second kappa shape index (κ2) is 15.2. The minimum absolute atomic E-state index is 0. The van der Waals surface area contributed by atoms with E-state index in [1.54, 1.807) is 0 Å². The molecule has 0 aliphatic rings. The average molecular weight is 460 g/mol. The Hall–Kier alpha value is -0.380. The Morgan fingerprint density at radius 2 is 1.78 bits per heavy atom. The van der Waals surface area contributed by atoms with Crippen molar-refractivity contribution in [2.75, 3.05) is 38.2 Å². The number of carbonyl (C=O) groups excluding carboxylic acids is 1. The van der Waals surface area contributed by atoms with Crippen molar-refractivity contribution < 1.29 is 9.53 Å². The van der Waals surface area contributed by atoms with Crippen molar-refractivity contribution in [2.24, 2.45) is 4.99 Å². The van der Waals surface area contributed by atoms with Crippen molar-refractivity contribution in [3.63, 3.8) is 0 Å². The average Bonchev–Trinajstić information content (AvgIpc) is 2.41. The molecule has 0 atom stereocenters. The van der Waals surface area contributed by atoms with Gasteiger partial charge < -0.3 is 20.7 Å². The van der Waals surface area contributed by atoms with Gasteiger partial charge in [-0.05, 0) is 52.5 Å². The van der Waals surface area contributed by atoms with Gasteiger partial charge in [0.2, 0.25) is 0 Å². The smallest absolute Gasteiger partial charge is 0.407 e. The third kappa shape index (κ3) is 17.8. The van der Waals surface area contributed by atoms with E-state index in [-0.39, 0.29) is 24.0 Å². The van der Waals surface area contributed by atoms with Crippen molar-refractivity contribution in [1.82, 2.24) is 16.0 Å². The van der Waals surface area contributed by atoms with Gasteiger partial charge in [0.05, 0.1) is 0 Å². The van der Waals surface area contributed by atoms with E-state index in [9.17, 15) is 4.79 Å². The van der Waals surface area contributed by atoms with Gasteiger partial charge in [0, 0.05) is 26.2 Å². The van der Waals surface area contributed by atoms with E-state index in [1.807, 2.05) is 39.5 Å². The second-order valence-corrected chi connectivity index (χ2v) is 6.80. The van der Waals surface area contributed by atoms with Crippen LogP contribution in [-0.2, 0) is 4.74 Å². The molecule has 0 saturated carbocycles. The Balaban J connectivity index is 0. The fourth-order valence-electron chi connectivity index (χ4n) is 1.55. The molecule has 0 bridgehead atoms. The number of halogens is 1. The van der Waals surface area contributed by atoms with Gasteiger partial charge >= 0.3 is 6.09 Å². The van der Waals surface area contributed by atoms with E-state index in [4.69, 9.17) is 4.74 Å². The molecule has 0 heterocycles. The summed E-state index contributed by atoms with van der Waals surface area (Å²) >= 11 is 1.86. The molecule has 0 aromatic carbocycles. The maximum absolute atomic E-state index is 11.5. The summed E-state index contributed by atoms with van der Waals surface area (Å²) in [4.78, 5) is 16.0. The third-order valence-electron chi connectivity index (χ3n) is 2.46. The maximum atomic E-state index is 11.5. The Bertz CT molecular complexity index is 336. The molecule has 0 aliphatic carbocycles. The first-order chi connectivity index (χ1) is 10.4. The standard InChI is InChI=1S/C15H32N4O2S.HI/c1-6-16-13(17-9-7-8-12-22-5)18-10-11-19-14(20)21-15(2,3)4;/h6-12H2,1-5H3,(H,19,20)(H2,16,17,18);1H. The first-order valence-corrected chi connectivity index (χ1v) is 9.26. The summed E-state index contributed by atoms with van der Waals surface area (Å²) < 4.78 is 5.17. The summed E-state index contributed by atoms with van der Waals surface area (Å²) in [5, 5.41) is 9.09. The number of thioether (sulfide) groups is 1. The molecule has 23 heavy (non-hydrogen) atoms. The van der Waals surface area contributed by atoms with Crippen LogP contribution >= 0.6 is 35.7 Å². The predicted octanol–water partition coefficient (Wildman–Crippen LogP) is 2.83.